The number of carbonyl (C=O) groups is 2. The first-order valence-corrected chi connectivity index (χ1v) is 8.66. The van der Waals surface area contributed by atoms with E-state index in [2.05, 4.69) is 10.6 Å². The lowest BCUT2D eigenvalue weighted by Crippen LogP contribution is -2.48. The molecule has 0 aliphatic carbocycles. The van der Waals surface area contributed by atoms with E-state index in [1.54, 1.807) is 0 Å². The fourth-order valence-corrected chi connectivity index (χ4v) is 2.56. The van der Waals surface area contributed by atoms with Crippen molar-refractivity contribution in [3.8, 4) is 0 Å². The maximum absolute atomic E-state index is 12.2. The van der Waals surface area contributed by atoms with Crippen molar-refractivity contribution in [3.63, 3.8) is 0 Å². The summed E-state index contributed by atoms with van der Waals surface area (Å²) in [5, 5.41) is 6.66. The Morgan fingerprint density at radius 1 is 1.17 bits per heavy atom. The van der Waals surface area contributed by atoms with Gasteiger partial charge in [-0.15, -0.1) is 0 Å². The summed E-state index contributed by atoms with van der Waals surface area (Å²) < 4.78 is 4.78. The van der Waals surface area contributed by atoms with Crippen molar-refractivity contribution in [1.82, 2.24) is 10.6 Å². The highest BCUT2D eigenvalue weighted by Gasteiger charge is 2.26. The molecule has 0 aliphatic heterocycles. The molecule has 0 heterocycles. The molecule has 3 atom stereocenters. The van der Waals surface area contributed by atoms with Crippen LogP contribution in [-0.4, -0.2) is 31.6 Å². The Balaban J connectivity index is 2.62. The minimum atomic E-state index is -0.620. The molecule has 0 bridgehead atoms. The molecular weight excluding hydrogens is 328 g/mol. The molecule has 0 aromatic heterocycles. The Bertz CT molecular complexity index is 534. The van der Waals surface area contributed by atoms with E-state index in [9.17, 15) is 9.59 Å². The highest BCUT2D eigenvalue weighted by molar-refractivity contribution is 6.30. The third-order valence-electron chi connectivity index (χ3n) is 4.17. The zero-order chi connectivity index (χ0) is 18.1. The molecule has 0 saturated carbocycles. The summed E-state index contributed by atoms with van der Waals surface area (Å²) >= 11 is 5.90. The van der Waals surface area contributed by atoms with Crippen LogP contribution in [0.4, 0.5) is 0 Å². The van der Waals surface area contributed by atoms with Gasteiger partial charge >= 0.3 is 5.97 Å². The predicted octanol–water partition coefficient (Wildman–Crippen LogP) is 3.08. The number of hydrogen-bond acceptors (Lipinski definition) is 4. The predicted molar refractivity (Wildman–Crippen MR) is 95.9 cm³/mol. The standard InChI is InChI=1S/C18H27ClN2O3/c1-5-12(3)17(18(23)24-4)21-16(22)11-20-15(6-2)13-7-9-14(19)10-8-13/h7-10,12,15,17,20H,5-6,11H2,1-4H3,(H,21,22). The fourth-order valence-electron chi connectivity index (χ4n) is 2.43. The molecule has 1 aromatic rings. The van der Waals surface area contributed by atoms with Gasteiger partial charge in [-0.05, 0) is 30.0 Å². The molecule has 5 nitrogen and oxygen atoms in total. The normalized spacial score (nSPS) is 14.5. The van der Waals surface area contributed by atoms with Crippen LogP contribution in [0, 0.1) is 5.92 Å². The Morgan fingerprint density at radius 2 is 1.79 bits per heavy atom. The van der Waals surface area contributed by atoms with Gasteiger partial charge in [0.1, 0.15) is 6.04 Å². The van der Waals surface area contributed by atoms with Gasteiger partial charge in [0.25, 0.3) is 0 Å². The highest BCUT2D eigenvalue weighted by Crippen LogP contribution is 2.18. The molecule has 1 amide bonds. The lowest BCUT2D eigenvalue weighted by Gasteiger charge is -2.23. The van der Waals surface area contributed by atoms with Gasteiger partial charge in [0.2, 0.25) is 5.91 Å². The molecule has 134 valence electrons. The van der Waals surface area contributed by atoms with Gasteiger partial charge in [0.05, 0.1) is 13.7 Å². The third kappa shape index (κ3) is 6.13. The van der Waals surface area contributed by atoms with Crippen LogP contribution < -0.4 is 10.6 Å². The van der Waals surface area contributed by atoms with Gasteiger partial charge in [0, 0.05) is 11.1 Å². The first-order valence-electron chi connectivity index (χ1n) is 8.28. The Morgan fingerprint density at radius 3 is 2.29 bits per heavy atom. The van der Waals surface area contributed by atoms with Crippen molar-refractivity contribution in [2.75, 3.05) is 13.7 Å². The van der Waals surface area contributed by atoms with E-state index in [1.807, 2.05) is 45.0 Å². The van der Waals surface area contributed by atoms with E-state index >= 15 is 0 Å². The SMILES string of the molecule is CCC(NCC(=O)NC(C(=O)OC)C(C)CC)c1ccc(Cl)cc1. The van der Waals surface area contributed by atoms with Crippen LogP contribution in [0.15, 0.2) is 24.3 Å². The fraction of sp³-hybridized carbons (Fsp3) is 0.556. The van der Waals surface area contributed by atoms with Crippen LogP contribution >= 0.6 is 11.6 Å². The second-order valence-corrected chi connectivity index (χ2v) is 6.28. The molecular formula is C18H27ClN2O3. The molecule has 2 N–H and O–H groups in total. The summed E-state index contributed by atoms with van der Waals surface area (Å²) in [5.41, 5.74) is 1.07. The van der Waals surface area contributed by atoms with Crippen molar-refractivity contribution in [2.24, 2.45) is 5.92 Å². The smallest absolute Gasteiger partial charge is 0.328 e. The number of carbonyl (C=O) groups excluding carboxylic acids is 2. The minimum Gasteiger partial charge on any atom is -0.467 e. The van der Waals surface area contributed by atoms with E-state index in [0.29, 0.717) is 5.02 Å². The van der Waals surface area contributed by atoms with Gasteiger partial charge in [-0.25, -0.2) is 4.79 Å². The molecule has 0 spiro atoms. The van der Waals surface area contributed by atoms with Crippen LogP contribution in [0.3, 0.4) is 0 Å². The summed E-state index contributed by atoms with van der Waals surface area (Å²) in [6.07, 6.45) is 1.61. The van der Waals surface area contributed by atoms with Gasteiger partial charge in [-0.3, -0.25) is 4.79 Å². The van der Waals surface area contributed by atoms with E-state index in [-0.39, 0.29) is 24.4 Å². The minimum absolute atomic E-state index is 0.0136. The van der Waals surface area contributed by atoms with Crippen molar-refractivity contribution in [3.05, 3.63) is 34.9 Å². The number of nitrogens with one attached hydrogen (secondary N) is 2. The second kappa shape index (κ2) is 10.3. The average Bonchev–Trinajstić information content (AvgIpc) is 2.60. The summed E-state index contributed by atoms with van der Waals surface area (Å²) in [6.45, 7) is 6.06. The van der Waals surface area contributed by atoms with E-state index < -0.39 is 12.0 Å². The molecule has 3 unspecified atom stereocenters. The van der Waals surface area contributed by atoms with Crippen LogP contribution in [0.25, 0.3) is 0 Å². The molecule has 0 saturated heterocycles. The van der Waals surface area contributed by atoms with Crippen molar-refractivity contribution in [1.29, 1.82) is 0 Å². The maximum atomic E-state index is 12.2. The third-order valence-corrected chi connectivity index (χ3v) is 4.43. The molecule has 0 fully saturated rings. The zero-order valence-corrected chi connectivity index (χ0v) is 15.5. The molecule has 0 aliphatic rings. The van der Waals surface area contributed by atoms with Gasteiger partial charge < -0.3 is 15.4 Å². The van der Waals surface area contributed by atoms with E-state index in [4.69, 9.17) is 16.3 Å². The maximum Gasteiger partial charge on any atom is 0.328 e. The van der Waals surface area contributed by atoms with E-state index in [0.717, 1.165) is 18.4 Å². The Kier molecular flexibility index (Phi) is 8.79. The largest absolute Gasteiger partial charge is 0.467 e. The van der Waals surface area contributed by atoms with Crippen LogP contribution in [-0.2, 0) is 14.3 Å². The van der Waals surface area contributed by atoms with Gasteiger partial charge in [-0.1, -0.05) is 50.9 Å². The monoisotopic (exact) mass is 354 g/mol. The first-order chi connectivity index (χ1) is 11.4. The van der Waals surface area contributed by atoms with Crippen LogP contribution in [0.2, 0.25) is 5.02 Å². The summed E-state index contributed by atoms with van der Waals surface area (Å²) in [5.74, 6) is -0.625. The van der Waals surface area contributed by atoms with Crippen LogP contribution in [0.1, 0.15) is 45.2 Å². The van der Waals surface area contributed by atoms with Crippen LogP contribution in [0.5, 0.6) is 0 Å². The average molecular weight is 355 g/mol. The highest BCUT2D eigenvalue weighted by atomic mass is 35.5. The number of benzene rings is 1. The van der Waals surface area contributed by atoms with Crippen molar-refractivity contribution in [2.45, 2.75) is 45.7 Å². The number of methoxy groups -OCH3 is 1. The lowest BCUT2D eigenvalue weighted by molar-refractivity contribution is -0.146. The topological polar surface area (TPSA) is 67.4 Å². The van der Waals surface area contributed by atoms with Gasteiger partial charge in [0.15, 0.2) is 0 Å². The second-order valence-electron chi connectivity index (χ2n) is 5.85. The van der Waals surface area contributed by atoms with E-state index in [1.165, 1.54) is 7.11 Å². The molecule has 0 radical (unpaired) electrons. The summed E-state index contributed by atoms with van der Waals surface area (Å²) in [6, 6.07) is 6.98. The Labute approximate surface area is 149 Å². The number of ether oxygens (including phenoxy) is 1. The molecule has 1 rings (SSSR count). The number of hydrogen-bond donors (Lipinski definition) is 2. The first kappa shape index (κ1) is 20.5. The van der Waals surface area contributed by atoms with Gasteiger partial charge in [-0.2, -0.15) is 0 Å². The molecule has 6 heteroatoms. The summed E-state index contributed by atoms with van der Waals surface area (Å²) in [7, 11) is 1.33. The quantitative estimate of drug-likeness (QED) is 0.669. The number of rotatable bonds is 9. The molecule has 1 aromatic carbocycles. The lowest BCUT2D eigenvalue weighted by atomic mass is 9.99. The number of esters is 1. The molecule has 24 heavy (non-hydrogen) atoms. The van der Waals surface area contributed by atoms with Crippen molar-refractivity contribution >= 4 is 23.5 Å². The zero-order valence-electron chi connectivity index (χ0n) is 14.8. The summed E-state index contributed by atoms with van der Waals surface area (Å²) in [4.78, 5) is 24.0. The number of halogens is 1. The van der Waals surface area contributed by atoms with Crippen molar-refractivity contribution < 1.29 is 14.3 Å². The number of amides is 1. The Hall–Kier alpha value is -1.59.